The average Bonchev–Trinajstić information content (AvgIpc) is 3.17. The molecular formula is C18H15BrN4O. The summed E-state index contributed by atoms with van der Waals surface area (Å²) in [5.74, 6) is 0.760. The number of aromatic nitrogens is 3. The van der Waals surface area contributed by atoms with Crippen molar-refractivity contribution in [2.24, 2.45) is 0 Å². The number of benzene rings is 2. The summed E-state index contributed by atoms with van der Waals surface area (Å²) in [5, 5.41) is 3.94. The molecule has 0 radical (unpaired) electrons. The van der Waals surface area contributed by atoms with E-state index in [0.29, 0.717) is 18.7 Å². The molecule has 0 unspecified atom stereocenters. The topological polar surface area (TPSA) is 73.6 Å². The fourth-order valence-corrected chi connectivity index (χ4v) is 3.10. The van der Waals surface area contributed by atoms with Gasteiger partial charge in [-0.1, -0.05) is 34.1 Å². The predicted molar refractivity (Wildman–Crippen MR) is 98.1 cm³/mol. The van der Waals surface area contributed by atoms with Crippen LogP contribution in [-0.4, -0.2) is 27.4 Å². The zero-order valence-corrected chi connectivity index (χ0v) is 14.4. The highest BCUT2D eigenvalue weighted by molar-refractivity contribution is 9.10. The van der Waals surface area contributed by atoms with E-state index in [1.807, 2.05) is 48.5 Å². The van der Waals surface area contributed by atoms with Gasteiger partial charge in [0.15, 0.2) is 0 Å². The van der Waals surface area contributed by atoms with E-state index < -0.39 is 0 Å². The molecule has 4 aromatic rings. The first kappa shape index (κ1) is 15.0. The maximum Gasteiger partial charge on any atom is 0.267 e. The van der Waals surface area contributed by atoms with Crippen LogP contribution in [0.25, 0.3) is 21.9 Å². The summed E-state index contributed by atoms with van der Waals surface area (Å²) in [5.41, 5.74) is 3.46. The third-order valence-electron chi connectivity index (χ3n) is 3.91. The molecule has 2 aromatic heterocycles. The van der Waals surface area contributed by atoms with E-state index in [1.165, 1.54) is 0 Å². The molecule has 2 aromatic carbocycles. The summed E-state index contributed by atoms with van der Waals surface area (Å²) in [7, 11) is 0. The first-order valence-corrected chi connectivity index (χ1v) is 8.48. The van der Waals surface area contributed by atoms with Crippen molar-refractivity contribution in [3.63, 3.8) is 0 Å². The summed E-state index contributed by atoms with van der Waals surface area (Å²) in [6.07, 6.45) is 0.659. The van der Waals surface area contributed by atoms with Crippen LogP contribution < -0.4 is 5.32 Å². The molecule has 4 rings (SSSR count). The lowest BCUT2D eigenvalue weighted by Crippen LogP contribution is -2.26. The third-order valence-corrected chi connectivity index (χ3v) is 4.41. The Morgan fingerprint density at radius 1 is 1.08 bits per heavy atom. The molecule has 1 amide bonds. The highest BCUT2D eigenvalue weighted by Crippen LogP contribution is 2.20. The van der Waals surface area contributed by atoms with Crippen molar-refractivity contribution in [2.45, 2.75) is 6.42 Å². The second-order valence-corrected chi connectivity index (χ2v) is 6.54. The van der Waals surface area contributed by atoms with E-state index in [4.69, 9.17) is 0 Å². The lowest BCUT2D eigenvalue weighted by Gasteiger charge is -2.01. The molecule has 0 spiro atoms. The minimum atomic E-state index is -0.113. The van der Waals surface area contributed by atoms with E-state index >= 15 is 0 Å². The minimum Gasteiger partial charge on any atom is -0.350 e. The first-order chi connectivity index (χ1) is 11.7. The molecule has 0 aliphatic heterocycles. The smallest absolute Gasteiger partial charge is 0.267 e. The van der Waals surface area contributed by atoms with Crippen molar-refractivity contribution in [3.05, 3.63) is 64.5 Å². The molecule has 2 heterocycles. The second kappa shape index (κ2) is 6.13. The second-order valence-electron chi connectivity index (χ2n) is 5.62. The van der Waals surface area contributed by atoms with Crippen LogP contribution in [0.1, 0.15) is 16.3 Å². The Bertz CT molecular complexity index is 1000. The molecule has 0 fully saturated rings. The zero-order chi connectivity index (χ0) is 16.5. The van der Waals surface area contributed by atoms with Crippen LogP contribution in [0, 0.1) is 0 Å². The summed E-state index contributed by atoms with van der Waals surface area (Å²) < 4.78 is 0.980. The largest absolute Gasteiger partial charge is 0.350 e. The quantitative estimate of drug-likeness (QED) is 0.502. The summed E-state index contributed by atoms with van der Waals surface area (Å²) in [6.45, 7) is 0.526. The van der Waals surface area contributed by atoms with Crippen LogP contribution in [0.2, 0.25) is 0 Å². The summed E-state index contributed by atoms with van der Waals surface area (Å²) >= 11 is 3.43. The van der Waals surface area contributed by atoms with Crippen LogP contribution >= 0.6 is 15.9 Å². The van der Waals surface area contributed by atoms with Crippen LogP contribution in [-0.2, 0) is 6.42 Å². The molecule has 0 bridgehead atoms. The van der Waals surface area contributed by atoms with Gasteiger partial charge in [0.05, 0.1) is 11.0 Å². The maximum atomic E-state index is 12.3. The molecule has 0 atom stereocenters. The molecule has 6 heteroatoms. The number of aromatic amines is 2. The maximum absolute atomic E-state index is 12.3. The number of hydrogen-bond donors (Lipinski definition) is 3. The van der Waals surface area contributed by atoms with E-state index in [2.05, 4.69) is 36.2 Å². The van der Waals surface area contributed by atoms with E-state index in [9.17, 15) is 4.79 Å². The number of fused-ring (bicyclic) bond motifs is 2. The Hall–Kier alpha value is -2.60. The Balaban J connectivity index is 1.41. The fraction of sp³-hybridized carbons (Fsp3) is 0.111. The van der Waals surface area contributed by atoms with Gasteiger partial charge in [0.25, 0.3) is 5.91 Å². The van der Waals surface area contributed by atoms with Gasteiger partial charge < -0.3 is 15.3 Å². The number of rotatable bonds is 4. The number of imidazole rings is 1. The van der Waals surface area contributed by atoms with Crippen molar-refractivity contribution in [1.82, 2.24) is 20.3 Å². The number of nitrogens with one attached hydrogen (secondary N) is 3. The number of amides is 1. The van der Waals surface area contributed by atoms with Crippen molar-refractivity contribution in [3.8, 4) is 0 Å². The molecule has 0 saturated carbocycles. The first-order valence-electron chi connectivity index (χ1n) is 7.69. The van der Waals surface area contributed by atoms with E-state index in [-0.39, 0.29) is 5.91 Å². The predicted octanol–water partition coefficient (Wildman–Crippen LogP) is 3.78. The van der Waals surface area contributed by atoms with Crippen molar-refractivity contribution < 1.29 is 4.79 Å². The number of halogens is 1. The molecule has 0 saturated heterocycles. The van der Waals surface area contributed by atoms with Crippen LogP contribution in [0.5, 0.6) is 0 Å². The van der Waals surface area contributed by atoms with Gasteiger partial charge in [-0.2, -0.15) is 0 Å². The Labute approximate surface area is 146 Å². The lowest BCUT2D eigenvalue weighted by atomic mass is 10.2. The molecule has 5 nitrogen and oxygen atoms in total. The lowest BCUT2D eigenvalue weighted by molar-refractivity contribution is 0.0950. The third kappa shape index (κ3) is 2.92. The van der Waals surface area contributed by atoms with Gasteiger partial charge in [-0.3, -0.25) is 4.79 Å². The Morgan fingerprint density at radius 3 is 2.83 bits per heavy atom. The van der Waals surface area contributed by atoms with Crippen molar-refractivity contribution in [1.29, 1.82) is 0 Å². The molecule has 0 aliphatic carbocycles. The van der Waals surface area contributed by atoms with Gasteiger partial charge >= 0.3 is 0 Å². The normalized spacial score (nSPS) is 11.2. The van der Waals surface area contributed by atoms with Gasteiger partial charge in [-0.15, -0.1) is 0 Å². The molecule has 24 heavy (non-hydrogen) atoms. The fourth-order valence-electron chi connectivity index (χ4n) is 2.74. The standard InChI is InChI=1S/C18H15BrN4O/c19-12-6-5-11-9-16(21-15(11)10-12)18(24)20-8-7-17-22-13-3-1-2-4-14(13)23-17/h1-6,9-10,21H,7-8H2,(H,20,24)(H,22,23). The monoisotopic (exact) mass is 382 g/mol. The highest BCUT2D eigenvalue weighted by atomic mass is 79.9. The van der Waals surface area contributed by atoms with Crippen LogP contribution in [0.15, 0.2) is 53.0 Å². The van der Waals surface area contributed by atoms with Crippen LogP contribution in [0.3, 0.4) is 0 Å². The molecular weight excluding hydrogens is 368 g/mol. The van der Waals surface area contributed by atoms with Crippen molar-refractivity contribution in [2.75, 3.05) is 6.54 Å². The number of carbonyl (C=O) groups is 1. The molecule has 3 N–H and O–H groups in total. The Kier molecular flexibility index (Phi) is 3.82. The van der Waals surface area contributed by atoms with Gasteiger partial charge in [-0.05, 0) is 30.3 Å². The summed E-state index contributed by atoms with van der Waals surface area (Å²) in [6, 6.07) is 15.6. The number of nitrogens with zero attached hydrogens (tertiary/aromatic N) is 1. The minimum absolute atomic E-state index is 0.113. The van der Waals surface area contributed by atoms with Gasteiger partial charge in [-0.25, -0.2) is 4.98 Å². The number of hydrogen-bond acceptors (Lipinski definition) is 2. The van der Waals surface area contributed by atoms with E-state index in [0.717, 1.165) is 32.2 Å². The SMILES string of the molecule is O=C(NCCc1nc2ccccc2[nH]1)c1cc2ccc(Br)cc2[nH]1. The van der Waals surface area contributed by atoms with E-state index in [1.54, 1.807) is 0 Å². The number of para-hydroxylation sites is 2. The summed E-state index contributed by atoms with van der Waals surface area (Å²) in [4.78, 5) is 23.2. The van der Waals surface area contributed by atoms with Gasteiger partial charge in [0, 0.05) is 28.3 Å². The molecule has 0 aliphatic rings. The van der Waals surface area contributed by atoms with Crippen LogP contribution in [0.4, 0.5) is 0 Å². The van der Waals surface area contributed by atoms with Gasteiger partial charge in [0.1, 0.15) is 11.5 Å². The number of H-pyrrole nitrogens is 2. The van der Waals surface area contributed by atoms with Gasteiger partial charge in [0.2, 0.25) is 0 Å². The zero-order valence-electron chi connectivity index (χ0n) is 12.8. The molecule has 120 valence electrons. The highest BCUT2D eigenvalue weighted by Gasteiger charge is 2.10. The number of carbonyl (C=O) groups excluding carboxylic acids is 1. The average molecular weight is 383 g/mol. The van der Waals surface area contributed by atoms with Crippen molar-refractivity contribution >= 4 is 43.8 Å². The Morgan fingerprint density at radius 2 is 1.96 bits per heavy atom.